The third-order valence-corrected chi connectivity index (χ3v) is 1.25. The van der Waals surface area contributed by atoms with E-state index in [4.69, 9.17) is 14.6 Å². The average molecular weight is 233 g/mol. The molecule has 0 unspecified atom stereocenters. The summed E-state index contributed by atoms with van der Waals surface area (Å²) in [4.78, 5) is 20.1. The number of primary amides is 1. The van der Waals surface area contributed by atoms with Gasteiger partial charge in [0.1, 0.15) is 0 Å². The number of ether oxygens (including phenoxy) is 1. The first-order chi connectivity index (χ1) is 6.86. The van der Waals surface area contributed by atoms with Gasteiger partial charge in [-0.05, 0) is 26.2 Å². The van der Waals surface area contributed by atoms with Crippen molar-refractivity contribution < 1.29 is 19.4 Å². The molecule has 5 heteroatoms. The van der Waals surface area contributed by atoms with E-state index in [0.717, 1.165) is 0 Å². The van der Waals surface area contributed by atoms with Crippen LogP contribution in [0.15, 0.2) is 0 Å². The van der Waals surface area contributed by atoms with Gasteiger partial charge in [-0.2, -0.15) is 0 Å². The quantitative estimate of drug-likeness (QED) is 0.680. The molecule has 5 nitrogen and oxygen atoms in total. The molecule has 0 radical (unpaired) electrons. The number of esters is 1. The second kappa shape index (κ2) is 6.35. The normalized spacial score (nSPS) is 11.1. The Balaban J connectivity index is 0. The second-order valence-electron chi connectivity index (χ2n) is 5.73. The Hall–Kier alpha value is -1.26. The van der Waals surface area contributed by atoms with E-state index in [9.17, 15) is 4.79 Å². The van der Waals surface area contributed by atoms with Gasteiger partial charge in [0, 0.05) is 0 Å². The summed E-state index contributed by atoms with van der Waals surface area (Å²) in [6.07, 6.45) is -1.33. The van der Waals surface area contributed by atoms with Crippen LogP contribution in [-0.2, 0) is 9.53 Å². The van der Waals surface area contributed by atoms with E-state index in [-0.39, 0.29) is 16.8 Å². The summed E-state index contributed by atoms with van der Waals surface area (Å²) in [5, 5.41) is 7.19. The number of hydrogen-bond donors (Lipinski definition) is 2. The molecular weight excluding hydrogens is 210 g/mol. The largest absolute Gasteiger partial charge is 0.465 e. The Kier molecular flexibility index (Phi) is 6.80. The standard InChI is InChI=1S/C10H20O2.CH3NO2/c1-9(2,3)7-12-8(11)10(4,5)6;2-1(3)4/h7H2,1-6H3;2H2,(H,3,4). The molecule has 1 amide bonds. The molecule has 0 aromatic rings. The van der Waals surface area contributed by atoms with Gasteiger partial charge in [-0.3, -0.25) is 4.79 Å². The van der Waals surface area contributed by atoms with Crippen molar-refractivity contribution in [3.8, 4) is 0 Å². The Morgan fingerprint density at radius 3 is 1.62 bits per heavy atom. The lowest BCUT2D eigenvalue weighted by Crippen LogP contribution is -2.27. The maximum atomic E-state index is 11.3. The molecule has 0 aliphatic carbocycles. The van der Waals surface area contributed by atoms with E-state index in [1.54, 1.807) is 0 Å². The van der Waals surface area contributed by atoms with Gasteiger partial charge in [-0.15, -0.1) is 0 Å². The van der Waals surface area contributed by atoms with Crippen LogP contribution in [0.2, 0.25) is 0 Å². The van der Waals surface area contributed by atoms with Crippen molar-refractivity contribution in [2.75, 3.05) is 6.61 Å². The van der Waals surface area contributed by atoms with Gasteiger partial charge in [-0.25, -0.2) is 4.79 Å². The van der Waals surface area contributed by atoms with E-state index in [1.165, 1.54) is 0 Å². The van der Waals surface area contributed by atoms with Crippen molar-refractivity contribution in [2.45, 2.75) is 41.5 Å². The summed E-state index contributed by atoms with van der Waals surface area (Å²) >= 11 is 0. The molecule has 0 aromatic heterocycles. The number of nitrogens with two attached hydrogens (primary N) is 1. The lowest BCUT2D eigenvalue weighted by atomic mass is 9.96. The predicted octanol–water partition coefficient (Wildman–Crippen LogP) is 2.24. The van der Waals surface area contributed by atoms with Crippen LogP contribution < -0.4 is 5.73 Å². The highest BCUT2D eigenvalue weighted by Gasteiger charge is 2.24. The first-order valence-corrected chi connectivity index (χ1v) is 5.02. The van der Waals surface area contributed by atoms with E-state index in [1.807, 2.05) is 41.5 Å². The summed E-state index contributed by atoms with van der Waals surface area (Å²) in [5.74, 6) is -0.127. The van der Waals surface area contributed by atoms with Crippen LogP contribution in [0, 0.1) is 10.8 Å². The minimum atomic E-state index is -1.33. The highest BCUT2D eigenvalue weighted by Crippen LogP contribution is 2.19. The van der Waals surface area contributed by atoms with Crippen LogP contribution in [-0.4, -0.2) is 23.8 Å². The molecular formula is C11H23NO4. The molecule has 0 fully saturated rings. The molecule has 0 rings (SSSR count). The van der Waals surface area contributed by atoms with Crippen LogP contribution in [0.5, 0.6) is 0 Å². The highest BCUT2D eigenvalue weighted by molar-refractivity contribution is 5.75. The van der Waals surface area contributed by atoms with Crippen LogP contribution in [0.4, 0.5) is 4.79 Å². The predicted molar refractivity (Wildman–Crippen MR) is 62.1 cm³/mol. The minimum absolute atomic E-state index is 0.0565. The summed E-state index contributed by atoms with van der Waals surface area (Å²) in [7, 11) is 0. The Morgan fingerprint density at radius 1 is 1.12 bits per heavy atom. The van der Waals surface area contributed by atoms with Gasteiger partial charge >= 0.3 is 12.1 Å². The molecule has 0 bridgehead atoms. The van der Waals surface area contributed by atoms with Crippen LogP contribution in [0.1, 0.15) is 41.5 Å². The second-order valence-corrected chi connectivity index (χ2v) is 5.73. The van der Waals surface area contributed by atoms with E-state index in [0.29, 0.717) is 6.61 Å². The minimum Gasteiger partial charge on any atom is -0.465 e. The third-order valence-electron chi connectivity index (χ3n) is 1.25. The molecule has 0 saturated carbocycles. The van der Waals surface area contributed by atoms with E-state index >= 15 is 0 Å². The van der Waals surface area contributed by atoms with Crippen molar-refractivity contribution in [1.82, 2.24) is 0 Å². The smallest absolute Gasteiger partial charge is 0.402 e. The van der Waals surface area contributed by atoms with Gasteiger partial charge < -0.3 is 15.6 Å². The van der Waals surface area contributed by atoms with Gasteiger partial charge in [0.25, 0.3) is 0 Å². The number of amides is 1. The van der Waals surface area contributed by atoms with Crippen molar-refractivity contribution in [2.24, 2.45) is 16.6 Å². The fraction of sp³-hybridized carbons (Fsp3) is 0.818. The molecule has 0 aromatic carbocycles. The first kappa shape index (κ1) is 17.1. The average Bonchev–Trinajstić information content (AvgIpc) is 1.95. The summed E-state index contributed by atoms with van der Waals surface area (Å²) < 4.78 is 5.13. The van der Waals surface area contributed by atoms with Crippen molar-refractivity contribution in [1.29, 1.82) is 0 Å². The molecule has 0 atom stereocenters. The number of rotatable bonds is 1. The fourth-order valence-corrected chi connectivity index (χ4v) is 0.499. The zero-order valence-corrected chi connectivity index (χ0v) is 11.0. The molecule has 0 heterocycles. The lowest BCUT2D eigenvalue weighted by molar-refractivity contribution is -0.155. The van der Waals surface area contributed by atoms with Crippen molar-refractivity contribution >= 4 is 12.1 Å². The van der Waals surface area contributed by atoms with Crippen molar-refractivity contribution in [3.63, 3.8) is 0 Å². The summed E-state index contributed by atoms with van der Waals surface area (Å²) in [6.45, 7) is 12.2. The summed E-state index contributed by atoms with van der Waals surface area (Å²) in [6, 6.07) is 0. The van der Waals surface area contributed by atoms with Crippen molar-refractivity contribution in [3.05, 3.63) is 0 Å². The number of carboxylic acid groups (broad SMARTS) is 1. The SMILES string of the molecule is CC(C)(C)COC(=O)C(C)(C)C.NC(=O)O. The topological polar surface area (TPSA) is 89.6 Å². The fourth-order valence-electron chi connectivity index (χ4n) is 0.499. The lowest BCUT2D eigenvalue weighted by Gasteiger charge is -2.22. The number of hydrogen-bond acceptors (Lipinski definition) is 3. The van der Waals surface area contributed by atoms with Crippen LogP contribution in [0.3, 0.4) is 0 Å². The maximum absolute atomic E-state index is 11.3. The third kappa shape index (κ3) is 15.2. The molecule has 0 saturated heterocycles. The first-order valence-electron chi connectivity index (χ1n) is 5.02. The van der Waals surface area contributed by atoms with Gasteiger partial charge in [0.05, 0.1) is 12.0 Å². The number of carbonyl (C=O) groups is 2. The van der Waals surface area contributed by atoms with E-state index < -0.39 is 6.09 Å². The monoisotopic (exact) mass is 233 g/mol. The molecule has 0 spiro atoms. The summed E-state index contributed by atoms with van der Waals surface area (Å²) in [5.41, 5.74) is 3.70. The molecule has 16 heavy (non-hydrogen) atoms. The van der Waals surface area contributed by atoms with E-state index in [2.05, 4.69) is 5.73 Å². The molecule has 0 aliphatic rings. The van der Waals surface area contributed by atoms with Gasteiger partial charge in [0.2, 0.25) is 0 Å². The van der Waals surface area contributed by atoms with Crippen LogP contribution >= 0.6 is 0 Å². The van der Waals surface area contributed by atoms with Gasteiger partial charge in [-0.1, -0.05) is 20.8 Å². The highest BCUT2D eigenvalue weighted by atomic mass is 16.5. The Labute approximate surface area is 97.0 Å². The molecule has 96 valence electrons. The zero-order chi connectivity index (χ0) is 13.6. The molecule has 3 N–H and O–H groups in total. The Morgan fingerprint density at radius 2 is 1.44 bits per heavy atom. The maximum Gasteiger partial charge on any atom is 0.402 e. The molecule has 0 aliphatic heterocycles. The van der Waals surface area contributed by atoms with Crippen LogP contribution in [0.25, 0.3) is 0 Å². The van der Waals surface area contributed by atoms with Gasteiger partial charge in [0.15, 0.2) is 0 Å². The Bertz CT molecular complexity index is 231. The zero-order valence-electron chi connectivity index (χ0n) is 11.0. The number of carbonyl (C=O) groups excluding carboxylic acids is 1.